The van der Waals surface area contributed by atoms with Gasteiger partial charge >= 0.3 is 0 Å². The fraction of sp³-hybridized carbons (Fsp3) is 0.467. The van der Waals surface area contributed by atoms with E-state index in [2.05, 4.69) is 42.8 Å². The predicted octanol–water partition coefficient (Wildman–Crippen LogP) is 1.94. The molecule has 0 unspecified atom stereocenters. The Morgan fingerprint density at radius 3 is 2.82 bits per heavy atom. The van der Waals surface area contributed by atoms with Crippen molar-refractivity contribution in [1.82, 2.24) is 15.4 Å². The van der Waals surface area contributed by atoms with Crippen LogP contribution in [-0.2, 0) is 6.54 Å². The first kappa shape index (κ1) is 14.9. The third-order valence-electron chi connectivity index (χ3n) is 3.71. The first-order valence-corrected chi connectivity index (χ1v) is 8.30. The molecule has 1 fully saturated rings. The summed E-state index contributed by atoms with van der Waals surface area (Å²) in [6.45, 7) is 6.50. The molecule has 0 aromatic carbocycles. The number of anilines is 1. The number of aliphatic imine (C=N–C) groups is 1. The summed E-state index contributed by atoms with van der Waals surface area (Å²) >= 11 is 1.80. The van der Waals surface area contributed by atoms with Crippen LogP contribution in [0, 0.1) is 6.92 Å². The zero-order valence-corrected chi connectivity index (χ0v) is 13.8. The lowest BCUT2D eigenvalue weighted by Gasteiger charge is -2.36. The minimum absolute atomic E-state index is 0.610. The smallest absolute Gasteiger partial charge is 0.194 e. The number of aryl methyl sites for hydroxylation is 1. The van der Waals surface area contributed by atoms with Gasteiger partial charge in [0.05, 0.1) is 17.2 Å². The van der Waals surface area contributed by atoms with E-state index < -0.39 is 0 Å². The lowest BCUT2D eigenvalue weighted by Crippen LogP contribution is -2.52. The molecule has 0 atom stereocenters. The standard InChI is InChI=1S/C15H21N5OS/c1-12-10-13(21-18-12)11-17-15(16-2)20-7-5-19(6-8-20)14-4-3-9-22-14/h3-4,9-10H,5-8,11H2,1-2H3,(H,16,17). The summed E-state index contributed by atoms with van der Waals surface area (Å²) in [5.74, 6) is 1.75. The highest BCUT2D eigenvalue weighted by Crippen LogP contribution is 2.22. The molecule has 0 spiro atoms. The maximum absolute atomic E-state index is 5.22. The molecule has 118 valence electrons. The summed E-state index contributed by atoms with van der Waals surface area (Å²) < 4.78 is 5.22. The number of aromatic nitrogens is 1. The molecule has 3 rings (SSSR count). The maximum Gasteiger partial charge on any atom is 0.194 e. The summed E-state index contributed by atoms with van der Waals surface area (Å²) in [6.07, 6.45) is 0. The first-order valence-electron chi connectivity index (χ1n) is 7.42. The summed E-state index contributed by atoms with van der Waals surface area (Å²) in [4.78, 5) is 9.08. The Hall–Kier alpha value is -2.02. The van der Waals surface area contributed by atoms with E-state index in [0.29, 0.717) is 6.54 Å². The van der Waals surface area contributed by atoms with Crippen molar-refractivity contribution < 1.29 is 4.52 Å². The third kappa shape index (κ3) is 3.41. The van der Waals surface area contributed by atoms with E-state index in [4.69, 9.17) is 4.52 Å². The number of guanidine groups is 1. The molecule has 0 radical (unpaired) electrons. The molecular formula is C15H21N5OS. The number of nitrogens with one attached hydrogen (secondary N) is 1. The minimum Gasteiger partial charge on any atom is -0.360 e. The van der Waals surface area contributed by atoms with E-state index >= 15 is 0 Å². The van der Waals surface area contributed by atoms with Crippen LogP contribution in [0.5, 0.6) is 0 Å². The molecule has 0 bridgehead atoms. The van der Waals surface area contributed by atoms with Crippen LogP contribution in [-0.4, -0.2) is 49.2 Å². The lowest BCUT2D eigenvalue weighted by atomic mass is 10.3. The van der Waals surface area contributed by atoms with E-state index in [1.54, 1.807) is 11.3 Å². The summed E-state index contributed by atoms with van der Waals surface area (Å²) in [5, 5.41) is 10.7. The van der Waals surface area contributed by atoms with Crippen LogP contribution in [0.25, 0.3) is 0 Å². The van der Waals surface area contributed by atoms with Gasteiger partial charge in [0.25, 0.3) is 0 Å². The van der Waals surface area contributed by atoms with Crippen molar-refractivity contribution in [2.45, 2.75) is 13.5 Å². The number of nitrogens with zero attached hydrogens (tertiary/aromatic N) is 4. The molecule has 0 aliphatic carbocycles. The normalized spacial score (nSPS) is 16.2. The quantitative estimate of drug-likeness (QED) is 0.692. The molecule has 1 saturated heterocycles. The van der Waals surface area contributed by atoms with E-state index in [9.17, 15) is 0 Å². The molecule has 2 aromatic rings. The van der Waals surface area contributed by atoms with Gasteiger partial charge in [-0.25, -0.2) is 0 Å². The second-order valence-electron chi connectivity index (χ2n) is 5.26. The predicted molar refractivity (Wildman–Crippen MR) is 89.5 cm³/mol. The molecule has 1 N–H and O–H groups in total. The Balaban J connectivity index is 1.52. The molecule has 0 amide bonds. The maximum atomic E-state index is 5.22. The highest BCUT2D eigenvalue weighted by atomic mass is 32.1. The molecule has 1 aliphatic heterocycles. The van der Waals surface area contributed by atoms with Gasteiger partial charge in [-0.3, -0.25) is 4.99 Å². The van der Waals surface area contributed by atoms with Gasteiger partial charge in [-0.15, -0.1) is 11.3 Å². The second-order valence-corrected chi connectivity index (χ2v) is 6.19. The zero-order valence-electron chi connectivity index (χ0n) is 13.0. The van der Waals surface area contributed by atoms with Gasteiger partial charge in [0.15, 0.2) is 11.7 Å². The number of hydrogen-bond acceptors (Lipinski definition) is 5. The largest absolute Gasteiger partial charge is 0.360 e. The average Bonchev–Trinajstić information content (AvgIpc) is 3.20. The number of piperazine rings is 1. The number of rotatable bonds is 3. The topological polar surface area (TPSA) is 56.9 Å². The Bertz CT molecular complexity index is 614. The molecule has 2 aromatic heterocycles. The van der Waals surface area contributed by atoms with Gasteiger partial charge in [-0.05, 0) is 24.4 Å². The molecular weight excluding hydrogens is 298 g/mol. The van der Waals surface area contributed by atoms with Crippen molar-refractivity contribution in [2.75, 3.05) is 38.1 Å². The van der Waals surface area contributed by atoms with E-state index in [0.717, 1.165) is 43.6 Å². The van der Waals surface area contributed by atoms with E-state index in [1.165, 1.54) is 5.00 Å². The summed E-state index contributed by atoms with van der Waals surface area (Å²) in [7, 11) is 1.82. The molecule has 1 aliphatic rings. The van der Waals surface area contributed by atoms with Gasteiger partial charge in [0, 0.05) is 39.3 Å². The Morgan fingerprint density at radius 1 is 1.41 bits per heavy atom. The van der Waals surface area contributed by atoms with E-state index in [1.807, 2.05) is 20.0 Å². The first-order chi connectivity index (χ1) is 10.8. The van der Waals surface area contributed by atoms with Crippen molar-refractivity contribution in [3.63, 3.8) is 0 Å². The fourth-order valence-electron chi connectivity index (χ4n) is 2.59. The average molecular weight is 319 g/mol. The van der Waals surface area contributed by atoms with Crippen LogP contribution in [0.3, 0.4) is 0 Å². The number of hydrogen-bond donors (Lipinski definition) is 1. The minimum atomic E-state index is 0.610. The van der Waals surface area contributed by atoms with E-state index in [-0.39, 0.29) is 0 Å². The monoisotopic (exact) mass is 319 g/mol. The molecule has 6 nitrogen and oxygen atoms in total. The van der Waals surface area contributed by atoms with Gasteiger partial charge in [0.2, 0.25) is 0 Å². The molecule has 3 heterocycles. The van der Waals surface area contributed by atoms with Crippen LogP contribution in [0.4, 0.5) is 5.00 Å². The number of thiophene rings is 1. The second kappa shape index (κ2) is 6.83. The molecule has 7 heteroatoms. The van der Waals surface area contributed by atoms with Crippen LogP contribution >= 0.6 is 11.3 Å². The van der Waals surface area contributed by atoms with Crippen molar-refractivity contribution in [3.05, 3.63) is 35.0 Å². The lowest BCUT2D eigenvalue weighted by molar-refractivity contribution is 0.357. The Kier molecular flexibility index (Phi) is 4.62. The van der Waals surface area contributed by atoms with Crippen LogP contribution in [0.1, 0.15) is 11.5 Å². The zero-order chi connectivity index (χ0) is 15.4. The van der Waals surface area contributed by atoms with Crippen LogP contribution in [0.2, 0.25) is 0 Å². The SMILES string of the molecule is CN=C(NCc1cc(C)no1)N1CCN(c2cccs2)CC1. The van der Waals surface area contributed by atoms with Gasteiger partial charge in [0.1, 0.15) is 0 Å². The fourth-order valence-corrected chi connectivity index (χ4v) is 3.37. The van der Waals surface area contributed by atoms with Crippen LogP contribution < -0.4 is 10.2 Å². The Morgan fingerprint density at radius 2 is 2.23 bits per heavy atom. The Labute approximate surface area is 134 Å². The van der Waals surface area contributed by atoms with Gasteiger partial charge in [-0.2, -0.15) is 0 Å². The van der Waals surface area contributed by atoms with Crippen LogP contribution in [0.15, 0.2) is 33.1 Å². The van der Waals surface area contributed by atoms with Crippen molar-refractivity contribution >= 4 is 22.3 Å². The molecule has 0 saturated carbocycles. The van der Waals surface area contributed by atoms with Gasteiger partial charge < -0.3 is 19.6 Å². The highest BCUT2D eigenvalue weighted by molar-refractivity contribution is 7.14. The summed E-state index contributed by atoms with van der Waals surface area (Å²) in [6, 6.07) is 6.22. The highest BCUT2D eigenvalue weighted by Gasteiger charge is 2.20. The summed E-state index contributed by atoms with van der Waals surface area (Å²) in [5.41, 5.74) is 0.899. The third-order valence-corrected chi connectivity index (χ3v) is 4.64. The van der Waals surface area contributed by atoms with Crippen molar-refractivity contribution in [2.24, 2.45) is 4.99 Å². The molecule has 22 heavy (non-hydrogen) atoms. The van der Waals surface area contributed by atoms with Crippen molar-refractivity contribution in [3.8, 4) is 0 Å². The van der Waals surface area contributed by atoms with Crippen molar-refractivity contribution in [1.29, 1.82) is 0 Å². The van der Waals surface area contributed by atoms with Gasteiger partial charge in [-0.1, -0.05) is 5.16 Å².